The normalized spacial score (nSPS) is 10.3. The van der Waals surface area contributed by atoms with Gasteiger partial charge in [-0.2, -0.15) is 0 Å². The molecule has 0 aliphatic carbocycles. The molecule has 0 saturated heterocycles. The Balaban J connectivity index is 1.86. The van der Waals surface area contributed by atoms with Crippen molar-refractivity contribution in [3.63, 3.8) is 0 Å². The van der Waals surface area contributed by atoms with Crippen molar-refractivity contribution in [2.45, 2.75) is 13.3 Å². The molecule has 0 saturated carbocycles. The molecule has 94 valence electrons. The summed E-state index contributed by atoms with van der Waals surface area (Å²) in [5, 5.41) is 4.95. The number of hydrogen-bond donors (Lipinski definition) is 1. The molecule has 1 N–H and O–H groups in total. The highest BCUT2D eigenvalue weighted by Crippen LogP contribution is 2.19. The van der Waals surface area contributed by atoms with Crippen LogP contribution in [0.2, 0.25) is 0 Å². The molecule has 0 spiro atoms. The van der Waals surface area contributed by atoms with Crippen molar-refractivity contribution in [2.75, 3.05) is 13.2 Å². The monoisotopic (exact) mass is 244 g/mol. The van der Waals surface area contributed by atoms with Gasteiger partial charge in [-0.1, -0.05) is 6.07 Å². The average molecular weight is 244 g/mol. The Morgan fingerprint density at radius 2 is 2.22 bits per heavy atom. The number of benzene rings is 1. The van der Waals surface area contributed by atoms with Crippen molar-refractivity contribution in [3.05, 3.63) is 36.7 Å². The van der Waals surface area contributed by atoms with E-state index < -0.39 is 0 Å². The Morgan fingerprint density at radius 1 is 1.33 bits per heavy atom. The van der Waals surface area contributed by atoms with Gasteiger partial charge >= 0.3 is 0 Å². The average Bonchev–Trinajstić information content (AvgIpc) is 2.38. The van der Waals surface area contributed by atoms with E-state index in [1.54, 1.807) is 6.20 Å². The van der Waals surface area contributed by atoms with Gasteiger partial charge in [0.25, 0.3) is 0 Å². The third kappa shape index (κ3) is 3.45. The van der Waals surface area contributed by atoms with Gasteiger partial charge in [0.05, 0.1) is 6.61 Å². The molecule has 1 aromatic heterocycles. The zero-order valence-corrected chi connectivity index (χ0v) is 10.3. The van der Waals surface area contributed by atoms with Crippen molar-refractivity contribution < 1.29 is 9.53 Å². The first-order valence-corrected chi connectivity index (χ1v) is 5.97. The van der Waals surface area contributed by atoms with Crippen molar-refractivity contribution >= 4 is 16.7 Å². The summed E-state index contributed by atoms with van der Waals surface area (Å²) in [6.07, 6.45) is 4.39. The second kappa shape index (κ2) is 6.00. The first kappa shape index (κ1) is 12.4. The highest BCUT2D eigenvalue weighted by Gasteiger charge is 1.97. The number of nitrogens with zero attached hydrogens (tertiary/aromatic N) is 1. The zero-order valence-electron chi connectivity index (χ0n) is 10.3. The maximum atomic E-state index is 10.7. The van der Waals surface area contributed by atoms with Crippen LogP contribution in [0.4, 0.5) is 0 Å². The summed E-state index contributed by atoms with van der Waals surface area (Å²) in [4.78, 5) is 14.7. The first-order chi connectivity index (χ1) is 8.75. The van der Waals surface area contributed by atoms with Crippen LogP contribution in [0.1, 0.15) is 13.3 Å². The molecule has 2 rings (SSSR count). The van der Waals surface area contributed by atoms with E-state index in [-0.39, 0.29) is 5.91 Å². The maximum Gasteiger partial charge on any atom is 0.216 e. The topological polar surface area (TPSA) is 51.2 Å². The lowest BCUT2D eigenvalue weighted by atomic mass is 10.2. The third-order valence-electron chi connectivity index (χ3n) is 2.58. The van der Waals surface area contributed by atoms with Crippen molar-refractivity contribution in [1.29, 1.82) is 0 Å². The Bertz CT molecular complexity index is 540. The largest absolute Gasteiger partial charge is 0.494 e. The molecule has 0 bridgehead atoms. The summed E-state index contributed by atoms with van der Waals surface area (Å²) in [5.41, 5.74) is 0. The van der Waals surface area contributed by atoms with Gasteiger partial charge in [0, 0.05) is 31.2 Å². The van der Waals surface area contributed by atoms with E-state index in [1.165, 1.54) is 6.92 Å². The van der Waals surface area contributed by atoms with Crippen LogP contribution in [0.5, 0.6) is 5.75 Å². The smallest absolute Gasteiger partial charge is 0.216 e. The van der Waals surface area contributed by atoms with Gasteiger partial charge in [-0.15, -0.1) is 0 Å². The molecular formula is C14H16N2O2. The van der Waals surface area contributed by atoms with E-state index in [0.29, 0.717) is 13.2 Å². The number of fused-ring (bicyclic) bond motifs is 1. The quantitative estimate of drug-likeness (QED) is 0.820. The van der Waals surface area contributed by atoms with Crippen LogP contribution in [0.15, 0.2) is 36.7 Å². The molecule has 4 heteroatoms. The molecule has 1 amide bonds. The molecule has 0 radical (unpaired) electrons. The highest BCUT2D eigenvalue weighted by molar-refractivity contribution is 5.82. The van der Waals surface area contributed by atoms with Crippen molar-refractivity contribution in [2.24, 2.45) is 0 Å². The van der Waals surface area contributed by atoms with Gasteiger partial charge in [-0.05, 0) is 30.0 Å². The Hall–Kier alpha value is -2.10. The number of pyridine rings is 1. The van der Waals surface area contributed by atoms with Gasteiger partial charge in [0.15, 0.2) is 0 Å². The Kier molecular flexibility index (Phi) is 4.12. The predicted molar refractivity (Wildman–Crippen MR) is 70.5 cm³/mol. The Labute approximate surface area is 106 Å². The minimum Gasteiger partial charge on any atom is -0.494 e. The van der Waals surface area contributed by atoms with Gasteiger partial charge in [-0.25, -0.2) is 0 Å². The van der Waals surface area contributed by atoms with Crippen LogP contribution in [0.25, 0.3) is 10.8 Å². The molecule has 1 aromatic carbocycles. The number of ether oxygens (including phenoxy) is 1. The predicted octanol–water partition coefficient (Wildman–Crippen LogP) is 2.14. The lowest BCUT2D eigenvalue weighted by Crippen LogP contribution is -2.22. The van der Waals surface area contributed by atoms with Crippen molar-refractivity contribution in [3.8, 4) is 5.75 Å². The van der Waals surface area contributed by atoms with E-state index >= 15 is 0 Å². The number of nitrogens with one attached hydrogen (secondary N) is 1. The van der Waals surface area contributed by atoms with Crippen LogP contribution >= 0.6 is 0 Å². The summed E-state index contributed by atoms with van der Waals surface area (Å²) >= 11 is 0. The summed E-state index contributed by atoms with van der Waals surface area (Å²) in [5.74, 6) is 0.824. The number of carbonyl (C=O) groups is 1. The van der Waals surface area contributed by atoms with E-state index in [2.05, 4.69) is 10.3 Å². The minimum absolute atomic E-state index is 0.00761. The summed E-state index contributed by atoms with van der Waals surface area (Å²) in [6.45, 7) is 2.74. The molecule has 0 aliphatic heterocycles. The molecule has 0 aliphatic rings. The lowest BCUT2D eigenvalue weighted by molar-refractivity contribution is -0.118. The van der Waals surface area contributed by atoms with E-state index in [4.69, 9.17) is 4.74 Å². The number of amides is 1. The van der Waals surface area contributed by atoms with Crippen LogP contribution in [0.3, 0.4) is 0 Å². The van der Waals surface area contributed by atoms with Crippen LogP contribution in [0, 0.1) is 0 Å². The number of carbonyl (C=O) groups excluding carboxylic acids is 1. The zero-order chi connectivity index (χ0) is 12.8. The van der Waals surface area contributed by atoms with Crippen LogP contribution in [-0.2, 0) is 4.79 Å². The fourth-order valence-corrected chi connectivity index (χ4v) is 1.68. The molecule has 1 heterocycles. The molecule has 0 fully saturated rings. The highest BCUT2D eigenvalue weighted by atomic mass is 16.5. The lowest BCUT2D eigenvalue weighted by Gasteiger charge is -2.07. The van der Waals surface area contributed by atoms with Crippen LogP contribution in [-0.4, -0.2) is 24.0 Å². The van der Waals surface area contributed by atoms with Crippen LogP contribution < -0.4 is 10.1 Å². The Morgan fingerprint density at radius 3 is 3.06 bits per heavy atom. The minimum atomic E-state index is -0.00761. The number of hydrogen-bond acceptors (Lipinski definition) is 3. The molecule has 0 unspecified atom stereocenters. The molecule has 18 heavy (non-hydrogen) atoms. The van der Waals surface area contributed by atoms with E-state index in [9.17, 15) is 4.79 Å². The number of rotatable bonds is 5. The fraction of sp³-hybridized carbons (Fsp3) is 0.286. The summed E-state index contributed by atoms with van der Waals surface area (Å²) < 4.78 is 5.62. The summed E-state index contributed by atoms with van der Waals surface area (Å²) in [6, 6.07) is 7.90. The second-order valence-corrected chi connectivity index (χ2v) is 4.07. The molecule has 2 aromatic rings. The second-order valence-electron chi connectivity index (χ2n) is 4.07. The first-order valence-electron chi connectivity index (χ1n) is 5.97. The molecule has 0 atom stereocenters. The van der Waals surface area contributed by atoms with Gasteiger partial charge in [0.2, 0.25) is 5.91 Å². The van der Waals surface area contributed by atoms with E-state index in [0.717, 1.165) is 22.9 Å². The van der Waals surface area contributed by atoms with Gasteiger partial charge < -0.3 is 10.1 Å². The van der Waals surface area contributed by atoms with E-state index in [1.807, 2.05) is 30.5 Å². The van der Waals surface area contributed by atoms with Crippen molar-refractivity contribution in [1.82, 2.24) is 10.3 Å². The van der Waals surface area contributed by atoms with Gasteiger partial charge in [-0.3, -0.25) is 9.78 Å². The molecular weight excluding hydrogens is 228 g/mol. The van der Waals surface area contributed by atoms with Gasteiger partial charge in [0.1, 0.15) is 5.75 Å². The molecule has 4 nitrogen and oxygen atoms in total. The summed E-state index contributed by atoms with van der Waals surface area (Å²) in [7, 11) is 0. The maximum absolute atomic E-state index is 10.7. The SMILES string of the molecule is CC(=O)NCCCOc1ccc2ccncc2c1. The number of aromatic nitrogens is 1. The third-order valence-corrected chi connectivity index (χ3v) is 2.58. The fourth-order valence-electron chi connectivity index (χ4n) is 1.68. The standard InChI is InChI=1S/C14H16N2O2/c1-11(17)16-6-2-8-18-14-4-3-12-5-7-15-10-13(12)9-14/h3-5,7,9-10H,2,6,8H2,1H3,(H,16,17).